The summed E-state index contributed by atoms with van der Waals surface area (Å²) < 4.78 is 21.9. The maximum absolute atomic E-state index is 11.9. The standard InChI is InChI=1S/C8H21N2O4P.Na.H/c1-2-3-8-15(12,13-7-6-11)14-10-5-4-9;;/h10-11H,2-9H2,1H3;;/q;+1;-1. The summed E-state index contributed by atoms with van der Waals surface area (Å²) in [7, 11) is -3.11. The van der Waals surface area contributed by atoms with Crippen LogP contribution in [0.15, 0.2) is 0 Å². The molecular formula is C8H22N2NaO4P. The Balaban J connectivity index is -0.000000980. The van der Waals surface area contributed by atoms with Gasteiger partial charge in [0.05, 0.1) is 19.4 Å². The zero-order valence-corrected chi connectivity index (χ0v) is 13.0. The van der Waals surface area contributed by atoms with E-state index in [0.717, 1.165) is 12.8 Å². The monoisotopic (exact) mass is 264 g/mol. The summed E-state index contributed by atoms with van der Waals surface area (Å²) in [5.74, 6) is 0. The molecule has 0 aromatic heterocycles. The van der Waals surface area contributed by atoms with Crippen molar-refractivity contribution in [2.75, 3.05) is 32.5 Å². The van der Waals surface area contributed by atoms with Crippen LogP contribution in [-0.2, 0) is 13.7 Å². The second kappa shape index (κ2) is 12.5. The molecule has 0 aliphatic heterocycles. The summed E-state index contributed by atoms with van der Waals surface area (Å²) >= 11 is 0. The van der Waals surface area contributed by atoms with E-state index < -0.39 is 7.60 Å². The van der Waals surface area contributed by atoms with E-state index in [1.54, 1.807) is 0 Å². The Hall–Kier alpha value is 1.03. The van der Waals surface area contributed by atoms with Crippen molar-refractivity contribution in [2.24, 2.45) is 5.73 Å². The third-order valence-corrected chi connectivity index (χ3v) is 3.46. The third-order valence-electron chi connectivity index (χ3n) is 1.61. The molecule has 0 radical (unpaired) electrons. The zero-order chi connectivity index (χ0) is 11.6. The number of rotatable bonds is 10. The SMILES string of the molecule is CCCCP(=O)(OCCO)ONCCN.[H-].[Na+]. The molecule has 0 rings (SSSR count). The van der Waals surface area contributed by atoms with E-state index in [0.29, 0.717) is 19.3 Å². The first-order chi connectivity index (χ1) is 7.18. The molecule has 8 heteroatoms. The topological polar surface area (TPSA) is 93.8 Å². The van der Waals surface area contributed by atoms with Gasteiger partial charge in [0.25, 0.3) is 0 Å². The normalized spacial score (nSPS) is 14.2. The van der Waals surface area contributed by atoms with Gasteiger partial charge in [-0.2, -0.15) is 5.48 Å². The summed E-state index contributed by atoms with van der Waals surface area (Å²) in [5, 5.41) is 8.58. The number of aliphatic hydroxyl groups excluding tert-OH is 1. The number of hydrogen-bond acceptors (Lipinski definition) is 6. The average molecular weight is 264 g/mol. The van der Waals surface area contributed by atoms with E-state index >= 15 is 0 Å². The van der Waals surface area contributed by atoms with Gasteiger partial charge in [-0.25, -0.2) is 4.62 Å². The smallest absolute Gasteiger partial charge is 1.00 e. The van der Waals surface area contributed by atoms with Gasteiger partial charge in [-0.1, -0.05) is 13.3 Å². The quantitative estimate of drug-likeness (QED) is 0.176. The number of nitrogens with two attached hydrogens (primary N) is 1. The molecule has 0 spiro atoms. The maximum Gasteiger partial charge on any atom is 1.00 e. The van der Waals surface area contributed by atoms with E-state index in [1.807, 2.05) is 6.92 Å². The van der Waals surface area contributed by atoms with Gasteiger partial charge in [0.1, 0.15) is 0 Å². The molecule has 0 fully saturated rings. The number of hydroxylamine groups is 1. The molecule has 0 aliphatic rings. The van der Waals surface area contributed by atoms with Crippen LogP contribution >= 0.6 is 7.60 Å². The molecule has 94 valence electrons. The van der Waals surface area contributed by atoms with Crippen molar-refractivity contribution in [1.82, 2.24) is 5.48 Å². The number of unbranched alkanes of at least 4 members (excludes halogenated alkanes) is 1. The van der Waals surface area contributed by atoms with Crippen LogP contribution in [0.4, 0.5) is 0 Å². The summed E-state index contributed by atoms with van der Waals surface area (Å²) in [6.45, 7) is 2.65. The van der Waals surface area contributed by atoms with Crippen LogP contribution in [0.1, 0.15) is 21.2 Å². The first kappa shape index (κ1) is 19.4. The van der Waals surface area contributed by atoms with Crippen LogP contribution in [0, 0.1) is 0 Å². The number of hydrogen-bond donors (Lipinski definition) is 3. The predicted octanol–water partition coefficient (Wildman–Crippen LogP) is -2.42. The molecule has 16 heavy (non-hydrogen) atoms. The molecule has 1 unspecified atom stereocenters. The van der Waals surface area contributed by atoms with Gasteiger partial charge < -0.3 is 16.8 Å². The molecule has 0 saturated heterocycles. The molecule has 1 atom stereocenters. The molecule has 0 aromatic rings. The van der Waals surface area contributed by atoms with Crippen molar-refractivity contribution in [3.63, 3.8) is 0 Å². The minimum absolute atomic E-state index is 0. The fraction of sp³-hybridized carbons (Fsp3) is 1.00. The average Bonchev–Trinajstić information content (AvgIpc) is 2.24. The van der Waals surface area contributed by atoms with Gasteiger partial charge in [0, 0.05) is 13.1 Å². The van der Waals surface area contributed by atoms with Gasteiger partial charge in [-0.05, 0) is 6.42 Å². The second-order valence-corrected chi connectivity index (χ2v) is 5.13. The van der Waals surface area contributed by atoms with Crippen molar-refractivity contribution >= 4 is 7.60 Å². The van der Waals surface area contributed by atoms with Crippen molar-refractivity contribution in [1.29, 1.82) is 0 Å². The van der Waals surface area contributed by atoms with Crippen LogP contribution in [-0.4, -0.2) is 37.6 Å². The summed E-state index contributed by atoms with van der Waals surface area (Å²) in [5.41, 5.74) is 7.74. The Morgan fingerprint density at radius 3 is 2.75 bits per heavy atom. The maximum atomic E-state index is 11.9. The Bertz CT molecular complexity index is 190. The van der Waals surface area contributed by atoms with E-state index in [1.165, 1.54) is 0 Å². The van der Waals surface area contributed by atoms with Gasteiger partial charge >= 0.3 is 37.2 Å². The van der Waals surface area contributed by atoms with Crippen LogP contribution in [0.25, 0.3) is 0 Å². The molecule has 4 N–H and O–H groups in total. The second-order valence-electron chi connectivity index (χ2n) is 3.02. The zero-order valence-electron chi connectivity index (χ0n) is 11.1. The summed E-state index contributed by atoms with van der Waals surface area (Å²) in [6.07, 6.45) is 2.01. The van der Waals surface area contributed by atoms with Crippen molar-refractivity contribution < 1.29 is 49.8 Å². The van der Waals surface area contributed by atoms with Crippen molar-refractivity contribution in [3.8, 4) is 0 Å². The van der Waals surface area contributed by atoms with Crippen LogP contribution in [0.5, 0.6) is 0 Å². The fourth-order valence-electron chi connectivity index (χ4n) is 0.871. The molecule has 0 bridgehead atoms. The van der Waals surface area contributed by atoms with Crippen LogP contribution in [0.2, 0.25) is 0 Å². The van der Waals surface area contributed by atoms with Crippen LogP contribution < -0.4 is 40.8 Å². The predicted molar refractivity (Wildman–Crippen MR) is 59.7 cm³/mol. The number of nitrogens with one attached hydrogen (secondary N) is 1. The van der Waals surface area contributed by atoms with Crippen LogP contribution in [0.3, 0.4) is 0 Å². The third kappa shape index (κ3) is 10.2. The van der Waals surface area contributed by atoms with Gasteiger partial charge in [-0.15, -0.1) is 0 Å². The molecule has 6 nitrogen and oxygen atoms in total. The molecule has 0 aliphatic carbocycles. The van der Waals surface area contributed by atoms with E-state index in [-0.39, 0.29) is 44.2 Å². The summed E-state index contributed by atoms with van der Waals surface area (Å²) in [4.78, 5) is 0. The fourth-order valence-corrected chi connectivity index (χ4v) is 2.50. The van der Waals surface area contributed by atoms with E-state index in [4.69, 9.17) is 20.0 Å². The minimum Gasteiger partial charge on any atom is -1.00 e. The Kier molecular flexibility index (Phi) is 15.1. The molecule has 0 amide bonds. The van der Waals surface area contributed by atoms with Crippen molar-refractivity contribution in [2.45, 2.75) is 19.8 Å². The molecule has 0 saturated carbocycles. The first-order valence-corrected chi connectivity index (χ1v) is 6.87. The summed E-state index contributed by atoms with van der Waals surface area (Å²) in [6, 6.07) is 0. The van der Waals surface area contributed by atoms with E-state index in [9.17, 15) is 4.57 Å². The largest absolute Gasteiger partial charge is 1.00 e. The molecular weight excluding hydrogens is 242 g/mol. The Morgan fingerprint density at radius 2 is 2.25 bits per heavy atom. The first-order valence-electron chi connectivity index (χ1n) is 5.14. The van der Waals surface area contributed by atoms with Gasteiger partial charge in [0.2, 0.25) is 0 Å². The molecule has 0 aromatic carbocycles. The minimum atomic E-state index is -3.11. The van der Waals surface area contributed by atoms with E-state index in [2.05, 4.69) is 5.48 Å². The molecule has 0 heterocycles. The number of aliphatic hydroxyl groups is 1. The Labute approximate surface area is 121 Å². The van der Waals surface area contributed by atoms with Crippen molar-refractivity contribution in [3.05, 3.63) is 0 Å². The van der Waals surface area contributed by atoms with Gasteiger partial charge in [0.15, 0.2) is 0 Å². The van der Waals surface area contributed by atoms with Gasteiger partial charge in [-0.3, -0.25) is 4.57 Å². The Morgan fingerprint density at radius 1 is 1.56 bits per heavy atom.